The van der Waals surface area contributed by atoms with Crippen LogP contribution in [-0.4, -0.2) is 88.9 Å². The van der Waals surface area contributed by atoms with E-state index in [2.05, 4.69) is 70.3 Å². The highest BCUT2D eigenvalue weighted by Crippen LogP contribution is 2.53. The first-order valence-corrected chi connectivity index (χ1v) is 18.0. The van der Waals surface area contributed by atoms with Crippen LogP contribution in [0.4, 0.5) is 16.3 Å². The minimum Gasteiger partial charge on any atom is -0.465 e. The van der Waals surface area contributed by atoms with Gasteiger partial charge >= 0.3 is 12.1 Å². The predicted molar refractivity (Wildman–Crippen MR) is 194 cm³/mol. The second-order valence-corrected chi connectivity index (χ2v) is 14.8. The van der Waals surface area contributed by atoms with E-state index in [0.717, 1.165) is 55.0 Å². The molecule has 258 valence electrons. The summed E-state index contributed by atoms with van der Waals surface area (Å²) in [5.41, 5.74) is 3.42. The molecule has 4 aromatic rings. The summed E-state index contributed by atoms with van der Waals surface area (Å²) < 4.78 is 6.61. The summed E-state index contributed by atoms with van der Waals surface area (Å²) in [6.45, 7) is 4.25. The maximum absolute atomic E-state index is 12.7. The number of rotatable bonds is 9. The minimum absolute atomic E-state index is 0.0770. The van der Waals surface area contributed by atoms with Crippen molar-refractivity contribution in [3.63, 3.8) is 0 Å². The van der Waals surface area contributed by atoms with E-state index in [1.54, 1.807) is 0 Å². The largest absolute Gasteiger partial charge is 0.465 e. The lowest BCUT2D eigenvalue weighted by Crippen LogP contribution is -2.65. The predicted octanol–water partition coefficient (Wildman–Crippen LogP) is 6.14. The third-order valence-corrected chi connectivity index (χ3v) is 11.7. The molecule has 10 nitrogen and oxygen atoms in total. The lowest BCUT2D eigenvalue weighted by Gasteiger charge is -2.49. The first-order valence-electron chi connectivity index (χ1n) is 18.0. The van der Waals surface area contributed by atoms with Gasteiger partial charge < -0.3 is 24.5 Å². The number of nitriles is 1. The van der Waals surface area contributed by atoms with E-state index in [0.29, 0.717) is 44.7 Å². The SMILES string of the molecule is CN1CCC[C@@H]1C1(COc2nc3c(c(N4CCN(C(=O)O)[C@](CC#N)(Cc5ccccc5)C4)n2)CCN(c2cccc4ccccc24)C3)CC1. The Bertz CT molecular complexity index is 1920. The number of benzene rings is 3. The molecule has 50 heavy (non-hydrogen) atoms. The molecule has 10 heteroatoms. The van der Waals surface area contributed by atoms with Crippen LogP contribution in [0.2, 0.25) is 0 Å². The molecule has 0 bridgehead atoms. The third-order valence-electron chi connectivity index (χ3n) is 11.7. The molecule has 8 rings (SSSR count). The van der Waals surface area contributed by atoms with Crippen LogP contribution in [0.1, 0.15) is 48.9 Å². The molecular formula is C40H45N7O3. The fraction of sp³-hybridized carbons (Fsp3) is 0.450. The van der Waals surface area contributed by atoms with Crippen LogP contribution in [0, 0.1) is 16.7 Å². The van der Waals surface area contributed by atoms with Gasteiger partial charge in [-0.05, 0) is 69.1 Å². The Morgan fingerprint density at radius 2 is 1.78 bits per heavy atom. The zero-order valence-corrected chi connectivity index (χ0v) is 28.8. The second-order valence-electron chi connectivity index (χ2n) is 14.8. The molecule has 0 radical (unpaired) electrons. The number of hydrogen-bond acceptors (Lipinski definition) is 8. The van der Waals surface area contributed by atoms with Crippen molar-refractivity contribution in [1.29, 1.82) is 5.26 Å². The van der Waals surface area contributed by atoms with Gasteiger partial charge in [0.25, 0.3) is 0 Å². The average Bonchev–Trinajstić information content (AvgIpc) is 3.80. The van der Waals surface area contributed by atoms with E-state index in [4.69, 9.17) is 14.7 Å². The van der Waals surface area contributed by atoms with Crippen LogP contribution in [0.3, 0.4) is 0 Å². The molecule has 4 heterocycles. The molecular weight excluding hydrogens is 626 g/mol. The van der Waals surface area contributed by atoms with Crippen LogP contribution >= 0.6 is 0 Å². The number of hydrogen-bond donors (Lipinski definition) is 1. The number of aromatic nitrogens is 2. The van der Waals surface area contributed by atoms with Gasteiger partial charge in [-0.25, -0.2) is 4.79 Å². The van der Waals surface area contributed by atoms with E-state index in [9.17, 15) is 15.2 Å². The number of likely N-dealkylation sites (tertiary alicyclic amines) is 1. The van der Waals surface area contributed by atoms with Crippen LogP contribution in [0.15, 0.2) is 72.8 Å². The molecule has 1 saturated carbocycles. The molecule has 0 unspecified atom stereocenters. The van der Waals surface area contributed by atoms with Gasteiger partial charge in [0.05, 0.1) is 36.9 Å². The Morgan fingerprint density at radius 3 is 2.54 bits per heavy atom. The van der Waals surface area contributed by atoms with E-state index in [1.165, 1.54) is 34.2 Å². The summed E-state index contributed by atoms with van der Waals surface area (Å²) in [7, 11) is 2.23. The van der Waals surface area contributed by atoms with Crippen molar-refractivity contribution in [1.82, 2.24) is 19.8 Å². The first-order chi connectivity index (χ1) is 24.4. The van der Waals surface area contributed by atoms with E-state index in [1.807, 2.05) is 30.3 Å². The monoisotopic (exact) mass is 671 g/mol. The summed E-state index contributed by atoms with van der Waals surface area (Å²) in [6, 6.07) is 28.1. The summed E-state index contributed by atoms with van der Waals surface area (Å²) in [6.07, 6.45) is 5.00. The smallest absolute Gasteiger partial charge is 0.407 e. The highest BCUT2D eigenvalue weighted by Gasteiger charge is 2.53. The molecule has 4 aliphatic rings. The Hall–Kier alpha value is -4.88. The van der Waals surface area contributed by atoms with Crippen LogP contribution in [-0.2, 0) is 19.4 Å². The maximum Gasteiger partial charge on any atom is 0.407 e. The Balaban J connectivity index is 1.16. The molecule has 3 aliphatic heterocycles. The fourth-order valence-electron chi connectivity index (χ4n) is 8.98. The number of carboxylic acid groups (broad SMARTS) is 1. The van der Waals surface area contributed by atoms with Gasteiger partial charge in [0.15, 0.2) is 0 Å². The number of carbonyl (C=O) groups is 1. The number of fused-ring (bicyclic) bond motifs is 2. The topological polar surface area (TPSA) is 109 Å². The lowest BCUT2D eigenvalue weighted by molar-refractivity contribution is 0.0668. The van der Waals surface area contributed by atoms with Crippen molar-refractivity contribution in [2.75, 3.05) is 56.2 Å². The molecule has 0 spiro atoms. The molecule has 3 fully saturated rings. The first kappa shape index (κ1) is 32.3. The van der Waals surface area contributed by atoms with Gasteiger partial charge in [-0.2, -0.15) is 15.2 Å². The third kappa shape index (κ3) is 5.98. The number of amides is 1. The van der Waals surface area contributed by atoms with Gasteiger partial charge in [0.2, 0.25) is 0 Å². The van der Waals surface area contributed by atoms with Gasteiger partial charge in [0.1, 0.15) is 5.82 Å². The Kier molecular flexibility index (Phi) is 8.47. The summed E-state index contributed by atoms with van der Waals surface area (Å²) >= 11 is 0. The fourth-order valence-corrected chi connectivity index (χ4v) is 8.98. The van der Waals surface area contributed by atoms with E-state index >= 15 is 0 Å². The van der Waals surface area contributed by atoms with Crippen molar-refractivity contribution in [3.05, 3.63) is 89.6 Å². The van der Waals surface area contributed by atoms with Crippen molar-refractivity contribution in [2.45, 2.75) is 63.1 Å². The van der Waals surface area contributed by atoms with Crippen molar-refractivity contribution >= 4 is 28.4 Å². The molecule has 1 aliphatic carbocycles. The normalized spacial score (nSPS) is 23.0. The zero-order chi connectivity index (χ0) is 34.3. The van der Waals surface area contributed by atoms with Crippen LogP contribution in [0.25, 0.3) is 10.8 Å². The molecule has 2 saturated heterocycles. The van der Waals surface area contributed by atoms with E-state index in [-0.39, 0.29) is 18.4 Å². The zero-order valence-electron chi connectivity index (χ0n) is 28.8. The minimum atomic E-state index is -0.998. The van der Waals surface area contributed by atoms with Gasteiger partial charge in [-0.1, -0.05) is 66.7 Å². The average molecular weight is 672 g/mol. The number of anilines is 2. The molecule has 1 N–H and O–H groups in total. The quantitative estimate of drug-likeness (QED) is 0.224. The molecule has 1 amide bonds. The lowest BCUT2D eigenvalue weighted by atomic mass is 9.83. The van der Waals surface area contributed by atoms with Crippen LogP contribution < -0.4 is 14.5 Å². The summed E-state index contributed by atoms with van der Waals surface area (Å²) in [5, 5.41) is 22.9. The summed E-state index contributed by atoms with van der Waals surface area (Å²) in [4.78, 5) is 31.5. The molecule has 3 aromatic carbocycles. The van der Waals surface area contributed by atoms with Crippen molar-refractivity contribution in [3.8, 4) is 12.1 Å². The second kappa shape index (κ2) is 13.1. The highest BCUT2D eigenvalue weighted by molar-refractivity contribution is 5.94. The van der Waals surface area contributed by atoms with Gasteiger partial charge in [0, 0.05) is 54.3 Å². The van der Waals surface area contributed by atoms with Crippen molar-refractivity contribution < 1.29 is 14.6 Å². The molecule has 1 aromatic heterocycles. The number of nitrogens with zero attached hydrogens (tertiary/aromatic N) is 7. The number of piperazine rings is 1. The van der Waals surface area contributed by atoms with E-state index < -0.39 is 11.6 Å². The Morgan fingerprint density at radius 1 is 0.980 bits per heavy atom. The van der Waals surface area contributed by atoms with Crippen LogP contribution in [0.5, 0.6) is 6.01 Å². The standard InChI is InChI=1S/C40H45N7O3/c1-44-21-8-15-35(44)39(17-18-39)28-50-37-42-33-26-45(34-14-7-12-30-11-5-6-13-31(30)34)22-16-32(33)36(43-37)46-23-24-47(38(48)49)40(27-46,19-20-41)25-29-9-3-2-4-10-29/h2-7,9-14,35H,8,15-19,21-28H2,1H3,(H,48,49)/t35-,40-/m1/s1. The number of ether oxygens (including phenoxy) is 1. The molecule has 2 atom stereocenters. The highest BCUT2D eigenvalue weighted by atomic mass is 16.5. The van der Waals surface area contributed by atoms with Gasteiger partial charge in [-0.15, -0.1) is 0 Å². The van der Waals surface area contributed by atoms with Crippen molar-refractivity contribution in [2.24, 2.45) is 5.41 Å². The summed E-state index contributed by atoms with van der Waals surface area (Å²) in [5.74, 6) is 0.811. The Labute approximate surface area is 293 Å². The maximum atomic E-state index is 12.7. The van der Waals surface area contributed by atoms with Gasteiger partial charge in [-0.3, -0.25) is 4.90 Å².